The average molecular weight is 294 g/mol. The van der Waals surface area contributed by atoms with E-state index in [4.69, 9.17) is 0 Å². The molecule has 11 heteroatoms. The molecule has 2 aromatic rings. The predicted molar refractivity (Wildman–Crippen MR) is 68.4 cm³/mol. The maximum absolute atomic E-state index is 11.0. The molecule has 0 spiro atoms. The number of hydrogen-bond donors (Lipinski definition) is 1. The minimum atomic E-state index is -0.521. The molecule has 1 N–H and O–H groups in total. The first-order valence-electron chi connectivity index (χ1n) is 5.84. The van der Waals surface area contributed by atoms with Crippen molar-refractivity contribution in [2.45, 2.75) is 29.1 Å². The molecule has 1 aliphatic rings. The normalized spacial score (nSPS) is 14.2. The molecule has 0 saturated heterocycles. The second kappa shape index (κ2) is 5.00. The van der Waals surface area contributed by atoms with E-state index in [-0.39, 0.29) is 16.8 Å². The second-order valence-electron chi connectivity index (χ2n) is 4.13. The van der Waals surface area contributed by atoms with Crippen LogP contribution in [-0.4, -0.2) is 42.1 Å². The number of aromatic nitrogens is 6. The van der Waals surface area contributed by atoms with E-state index in [1.807, 2.05) is 0 Å². The van der Waals surface area contributed by atoms with Gasteiger partial charge in [0.05, 0.1) is 11.0 Å². The summed E-state index contributed by atoms with van der Waals surface area (Å²) in [5, 5.41) is 25.9. The van der Waals surface area contributed by atoms with E-state index >= 15 is 0 Å². The van der Waals surface area contributed by atoms with Crippen LogP contribution in [0.5, 0.6) is 0 Å². The largest absolute Gasteiger partial charge is 0.357 e. The molecule has 1 fully saturated rings. The molecule has 0 atom stereocenters. The number of rotatable bonds is 5. The van der Waals surface area contributed by atoms with E-state index in [9.17, 15) is 10.1 Å². The smallest absolute Gasteiger partial charge is 0.320 e. The lowest BCUT2D eigenvalue weighted by molar-refractivity contribution is -0.388. The molecule has 0 radical (unpaired) electrons. The van der Waals surface area contributed by atoms with Crippen molar-refractivity contribution in [3.05, 3.63) is 16.3 Å². The number of nitrogens with zero attached hydrogens (tertiary/aromatic N) is 7. The minimum absolute atomic E-state index is 0.167. The molecule has 1 saturated carbocycles. The third kappa shape index (κ3) is 2.39. The molecule has 0 aliphatic heterocycles. The van der Waals surface area contributed by atoms with Gasteiger partial charge >= 0.3 is 5.69 Å². The summed E-state index contributed by atoms with van der Waals surface area (Å²) in [6.07, 6.45) is 3.21. The van der Waals surface area contributed by atoms with Gasteiger partial charge < -0.3 is 5.32 Å². The van der Waals surface area contributed by atoms with Crippen molar-refractivity contribution in [2.75, 3.05) is 12.4 Å². The lowest BCUT2D eigenvalue weighted by Crippen LogP contribution is -2.03. The Morgan fingerprint density at radius 2 is 2.35 bits per heavy atom. The van der Waals surface area contributed by atoms with Gasteiger partial charge in [-0.05, 0) is 35.0 Å². The van der Waals surface area contributed by atoms with Gasteiger partial charge in [-0.25, -0.2) is 9.67 Å². The number of anilines is 1. The molecular formula is C9H10N8O2S. The third-order valence-electron chi connectivity index (χ3n) is 2.70. The molecule has 2 heterocycles. The van der Waals surface area contributed by atoms with Crippen molar-refractivity contribution in [3.8, 4) is 0 Å². The zero-order valence-corrected chi connectivity index (χ0v) is 11.2. The Hall–Kier alpha value is -2.30. The Balaban J connectivity index is 1.95. The fourth-order valence-corrected chi connectivity index (χ4v) is 2.46. The van der Waals surface area contributed by atoms with Crippen LogP contribution in [0, 0.1) is 10.1 Å². The number of hydrogen-bond acceptors (Lipinski definition) is 9. The van der Waals surface area contributed by atoms with Crippen molar-refractivity contribution < 1.29 is 4.92 Å². The van der Waals surface area contributed by atoms with Crippen LogP contribution in [0.15, 0.2) is 16.4 Å². The van der Waals surface area contributed by atoms with E-state index in [1.165, 1.54) is 6.20 Å². The van der Waals surface area contributed by atoms with Gasteiger partial charge in [0.25, 0.3) is 0 Å². The molecule has 0 bridgehead atoms. The molecule has 0 unspecified atom stereocenters. The van der Waals surface area contributed by atoms with Crippen LogP contribution in [-0.2, 0) is 0 Å². The Morgan fingerprint density at radius 3 is 3.00 bits per heavy atom. The summed E-state index contributed by atoms with van der Waals surface area (Å²) in [4.78, 5) is 18.4. The van der Waals surface area contributed by atoms with Gasteiger partial charge in [-0.15, -0.1) is 5.10 Å². The van der Waals surface area contributed by atoms with Crippen molar-refractivity contribution in [2.24, 2.45) is 0 Å². The first-order valence-corrected chi connectivity index (χ1v) is 6.65. The number of nitro groups is 1. The van der Waals surface area contributed by atoms with E-state index < -0.39 is 4.92 Å². The van der Waals surface area contributed by atoms with Crippen molar-refractivity contribution in [1.82, 2.24) is 30.2 Å². The van der Waals surface area contributed by atoms with E-state index in [2.05, 4.69) is 30.8 Å². The molecule has 0 aromatic carbocycles. The van der Waals surface area contributed by atoms with Gasteiger partial charge in [-0.3, -0.25) is 10.1 Å². The van der Waals surface area contributed by atoms with Crippen LogP contribution in [0.4, 0.5) is 11.6 Å². The third-order valence-corrected chi connectivity index (χ3v) is 3.64. The lowest BCUT2D eigenvalue weighted by Gasteiger charge is -2.04. The first-order chi connectivity index (χ1) is 9.69. The fraction of sp³-hybridized carbons (Fsp3) is 0.444. The molecule has 2 aromatic heterocycles. The molecule has 104 valence electrons. The van der Waals surface area contributed by atoms with Gasteiger partial charge in [0, 0.05) is 7.05 Å². The van der Waals surface area contributed by atoms with Crippen LogP contribution in [0.1, 0.15) is 18.9 Å². The Kier molecular flexibility index (Phi) is 3.18. The standard InChI is InChI=1S/C9H10N8O2S/c1-10-8-11-4-6(17(18)19)7(12-8)20-9-13-14-15-16(9)5-2-3-5/h4-5H,2-3H2,1H3,(H,10,11,12). The topological polar surface area (TPSA) is 125 Å². The minimum Gasteiger partial charge on any atom is -0.357 e. The summed E-state index contributed by atoms with van der Waals surface area (Å²) in [6, 6.07) is 0.289. The zero-order valence-electron chi connectivity index (χ0n) is 10.4. The Labute approximate surface area is 117 Å². The maximum Gasteiger partial charge on any atom is 0.320 e. The summed E-state index contributed by atoms with van der Waals surface area (Å²) < 4.78 is 1.68. The SMILES string of the molecule is CNc1ncc([N+](=O)[O-])c(Sc2nnnn2C2CC2)n1. The lowest BCUT2D eigenvalue weighted by atomic mass is 10.5. The van der Waals surface area contributed by atoms with E-state index in [0.717, 1.165) is 24.6 Å². The number of nitrogens with one attached hydrogen (secondary N) is 1. The molecule has 20 heavy (non-hydrogen) atoms. The highest BCUT2D eigenvalue weighted by Gasteiger charge is 2.29. The van der Waals surface area contributed by atoms with Crippen LogP contribution < -0.4 is 5.32 Å². The molecule has 10 nitrogen and oxygen atoms in total. The van der Waals surface area contributed by atoms with E-state index in [0.29, 0.717) is 11.1 Å². The predicted octanol–water partition coefficient (Wildman–Crippen LogP) is 0.899. The molecule has 0 amide bonds. The van der Waals surface area contributed by atoms with Crippen LogP contribution in [0.3, 0.4) is 0 Å². The van der Waals surface area contributed by atoms with Crippen molar-refractivity contribution in [3.63, 3.8) is 0 Å². The fourth-order valence-electron chi connectivity index (χ4n) is 1.57. The first kappa shape index (κ1) is 12.7. The Bertz CT molecular complexity index is 655. The molecular weight excluding hydrogens is 284 g/mol. The molecule has 1 aliphatic carbocycles. The van der Waals surface area contributed by atoms with Gasteiger partial charge in [-0.2, -0.15) is 4.98 Å². The summed E-state index contributed by atoms with van der Waals surface area (Å²) in [6.45, 7) is 0. The summed E-state index contributed by atoms with van der Waals surface area (Å²) >= 11 is 1.07. The van der Waals surface area contributed by atoms with Crippen LogP contribution in [0.25, 0.3) is 0 Å². The Morgan fingerprint density at radius 1 is 1.55 bits per heavy atom. The van der Waals surface area contributed by atoms with E-state index in [1.54, 1.807) is 11.7 Å². The monoisotopic (exact) mass is 294 g/mol. The maximum atomic E-state index is 11.0. The second-order valence-corrected chi connectivity index (χ2v) is 5.09. The van der Waals surface area contributed by atoms with Crippen LogP contribution in [0.2, 0.25) is 0 Å². The van der Waals surface area contributed by atoms with Gasteiger partial charge in [0.15, 0.2) is 5.03 Å². The van der Waals surface area contributed by atoms with Crippen molar-refractivity contribution >= 4 is 23.4 Å². The van der Waals surface area contributed by atoms with Gasteiger partial charge in [0.2, 0.25) is 11.1 Å². The summed E-state index contributed by atoms with van der Waals surface area (Å²) in [7, 11) is 1.64. The van der Waals surface area contributed by atoms with Crippen molar-refractivity contribution in [1.29, 1.82) is 0 Å². The zero-order chi connectivity index (χ0) is 14.1. The van der Waals surface area contributed by atoms with Gasteiger partial charge in [-0.1, -0.05) is 0 Å². The number of tetrazole rings is 1. The summed E-state index contributed by atoms with van der Waals surface area (Å²) in [5.74, 6) is 0.309. The highest BCUT2D eigenvalue weighted by atomic mass is 32.2. The summed E-state index contributed by atoms with van der Waals surface area (Å²) in [5.41, 5.74) is -0.167. The molecule has 3 rings (SSSR count). The van der Waals surface area contributed by atoms with Crippen LogP contribution >= 0.6 is 11.8 Å². The average Bonchev–Trinajstić information content (AvgIpc) is 3.19. The quantitative estimate of drug-likeness (QED) is 0.486. The van der Waals surface area contributed by atoms with Gasteiger partial charge in [0.1, 0.15) is 6.20 Å². The highest BCUT2D eigenvalue weighted by molar-refractivity contribution is 7.99. The highest BCUT2D eigenvalue weighted by Crippen LogP contribution is 2.39.